The number of likely N-dealkylation sites (tertiary alicyclic amines) is 1. The minimum atomic E-state index is -3.68. The highest BCUT2D eigenvalue weighted by molar-refractivity contribution is 7.91. The Morgan fingerprint density at radius 1 is 1.45 bits per heavy atom. The van der Waals surface area contributed by atoms with Crippen molar-refractivity contribution < 1.29 is 17.9 Å². The van der Waals surface area contributed by atoms with Crippen LogP contribution in [-0.2, 0) is 26.0 Å². The van der Waals surface area contributed by atoms with E-state index in [1.165, 1.54) is 6.07 Å². The molecule has 1 saturated heterocycles. The van der Waals surface area contributed by atoms with Crippen molar-refractivity contribution in [2.24, 2.45) is 5.14 Å². The smallest absolute Gasteiger partial charge is 0.247 e. The maximum absolute atomic E-state index is 12.1. The van der Waals surface area contributed by atoms with Gasteiger partial charge in [-0.3, -0.25) is 4.79 Å². The maximum Gasteiger partial charge on any atom is 0.247 e. The normalized spacial score (nSPS) is 17.4. The lowest BCUT2D eigenvalue weighted by Crippen LogP contribution is -2.41. The van der Waals surface area contributed by atoms with Gasteiger partial charge in [-0.05, 0) is 25.0 Å². The van der Waals surface area contributed by atoms with Gasteiger partial charge in [-0.1, -0.05) is 0 Å². The Balaban J connectivity index is 1.94. The van der Waals surface area contributed by atoms with E-state index in [-0.39, 0.29) is 22.6 Å². The Morgan fingerprint density at radius 3 is 2.60 bits per heavy atom. The highest BCUT2D eigenvalue weighted by Crippen LogP contribution is 2.22. The van der Waals surface area contributed by atoms with Crippen molar-refractivity contribution in [2.45, 2.75) is 29.6 Å². The first-order chi connectivity index (χ1) is 9.40. The lowest BCUT2D eigenvalue weighted by atomic mass is 10.1. The molecule has 1 fully saturated rings. The van der Waals surface area contributed by atoms with Crippen molar-refractivity contribution in [3.05, 3.63) is 17.0 Å². The molecule has 0 radical (unpaired) electrons. The lowest BCUT2D eigenvalue weighted by molar-refractivity contribution is -0.132. The molecule has 0 saturated carbocycles. The zero-order valence-corrected chi connectivity index (χ0v) is 12.9. The van der Waals surface area contributed by atoms with E-state index in [1.807, 2.05) is 0 Å². The van der Waals surface area contributed by atoms with Gasteiger partial charge in [0, 0.05) is 25.1 Å². The number of piperidine rings is 1. The number of hydrogen-bond donors (Lipinski definition) is 1. The Labute approximate surface area is 122 Å². The first kappa shape index (κ1) is 15.4. The number of methoxy groups -OCH3 is 1. The first-order valence-corrected chi connectivity index (χ1v) is 8.68. The van der Waals surface area contributed by atoms with Crippen molar-refractivity contribution in [2.75, 3.05) is 20.2 Å². The van der Waals surface area contributed by atoms with Crippen LogP contribution in [0.3, 0.4) is 0 Å². The van der Waals surface area contributed by atoms with Gasteiger partial charge in [-0.15, -0.1) is 11.3 Å². The second-order valence-corrected chi connectivity index (χ2v) is 7.71. The van der Waals surface area contributed by atoms with Gasteiger partial charge < -0.3 is 9.64 Å². The number of sulfonamides is 1. The second-order valence-electron chi connectivity index (χ2n) is 4.76. The fourth-order valence-electron chi connectivity index (χ4n) is 2.21. The Bertz CT molecular complexity index is 574. The summed E-state index contributed by atoms with van der Waals surface area (Å²) in [5, 5.41) is 5.05. The van der Waals surface area contributed by atoms with Crippen LogP contribution in [0.25, 0.3) is 0 Å². The molecule has 1 aliphatic heterocycles. The van der Waals surface area contributed by atoms with Crippen LogP contribution in [0.5, 0.6) is 0 Å². The summed E-state index contributed by atoms with van der Waals surface area (Å²) in [7, 11) is -1.99. The monoisotopic (exact) mass is 318 g/mol. The van der Waals surface area contributed by atoms with Crippen molar-refractivity contribution in [1.82, 2.24) is 4.90 Å². The summed E-state index contributed by atoms with van der Waals surface area (Å²) >= 11 is 1.05. The predicted octanol–water partition coefficient (Wildman–Crippen LogP) is 0.575. The Morgan fingerprint density at radius 2 is 2.10 bits per heavy atom. The molecule has 0 bridgehead atoms. The highest BCUT2D eigenvalue weighted by Gasteiger charge is 2.23. The van der Waals surface area contributed by atoms with E-state index in [0.717, 1.165) is 24.2 Å². The molecule has 1 amide bonds. The third-order valence-electron chi connectivity index (χ3n) is 3.37. The summed E-state index contributed by atoms with van der Waals surface area (Å²) in [6, 6.07) is 3.09. The average molecular weight is 318 g/mol. The second kappa shape index (κ2) is 6.21. The van der Waals surface area contributed by atoms with E-state index < -0.39 is 10.0 Å². The van der Waals surface area contributed by atoms with E-state index in [4.69, 9.17) is 9.88 Å². The molecule has 0 atom stereocenters. The number of ether oxygens (including phenoxy) is 1. The minimum Gasteiger partial charge on any atom is -0.381 e. The number of thiophene rings is 1. The molecule has 8 heteroatoms. The summed E-state index contributed by atoms with van der Waals surface area (Å²) in [5.41, 5.74) is 0. The molecule has 2 heterocycles. The number of hydrogen-bond acceptors (Lipinski definition) is 5. The van der Waals surface area contributed by atoms with Crippen LogP contribution in [0.1, 0.15) is 17.7 Å². The van der Waals surface area contributed by atoms with Crippen LogP contribution in [0.2, 0.25) is 0 Å². The topological polar surface area (TPSA) is 89.7 Å². The van der Waals surface area contributed by atoms with Crippen LogP contribution in [0.4, 0.5) is 0 Å². The molecule has 0 unspecified atom stereocenters. The van der Waals surface area contributed by atoms with Gasteiger partial charge in [0.05, 0.1) is 12.5 Å². The van der Waals surface area contributed by atoms with Gasteiger partial charge in [0.1, 0.15) is 4.21 Å². The van der Waals surface area contributed by atoms with E-state index >= 15 is 0 Å². The number of nitrogens with zero attached hydrogens (tertiary/aromatic N) is 1. The number of amides is 1. The van der Waals surface area contributed by atoms with Gasteiger partial charge in [-0.25, -0.2) is 13.6 Å². The van der Waals surface area contributed by atoms with Crippen LogP contribution in [-0.4, -0.2) is 45.5 Å². The first-order valence-electron chi connectivity index (χ1n) is 6.32. The van der Waals surface area contributed by atoms with Gasteiger partial charge in [-0.2, -0.15) is 0 Å². The summed E-state index contributed by atoms with van der Waals surface area (Å²) in [4.78, 5) is 14.6. The fourth-order valence-corrected chi connectivity index (χ4v) is 3.98. The van der Waals surface area contributed by atoms with E-state index in [9.17, 15) is 13.2 Å². The van der Waals surface area contributed by atoms with Crippen molar-refractivity contribution in [3.8, 4) is 0 Å². The van der Waals surface area contributed by atoms with Gasteiger partial charge in [0.2, 0.25) is 15.9 Å². The summed E-state index contributed by atoms with van der Waals surface area (Å²) in [6.07, 6.45) is 2.14. The SMILES string of the molecule is COC1CCN(C(=O)Cc2ccc(S(N)(=O)=O)s2)CC1. The number of nitrogens with two attached hydrogens (primary N) is 1. The molecule has 1 aliphatic rings. The third-order valence-corrected chi connectivity index (χ3v) is 5.89. The zero-order valence-electron chi connectivity index (χ0n) is 11.2. The molecule has 0 spiro atoms. The zero-order chi connectivity index (χ0) is 14.8. The predicted molar refractivity (Wildman–Crippen MR) is 76.0 cm³/mol. The number of primary sulfonamides is 1. The number of carbonyl (C=O) groups excluding carboxylic acids is 1. The molecule has 2 N–H and O–H groups in total. The molecular weight excluding hydrogens is 300 g/mol. The summed E-state index contributed by atoms with van der Waals surface area (Å²) < 4.78 is 27.7. The molecule has 112 valence electrons. The molecule has 1 aromatic rings. The van der Waals surface area contributed by atoms with E-state index in [2.05, 4.69) is 0 Å². The van der Waals surface area contributed by atoms with Crippen LogP contribution < -0.4 is 5.14 Å². The van der Waals surface area contributed by atoms with Gasteiger partial charge in [0.15, 0.2) is 0 Å². The molecule has 0 aromatic carbocycles. The third kappa shape index (κ3) is 3.78. The molecule has 0 aliphatic carbocycles. The minimum absolute atomic E-state index is 0.0161. The Hall–Kier alpha value is -0.960. The molecule has 2 rings (SSSR count). The van der Waals surface area contributed by atoms with Crippen molar-refractivity contribution in [3.63, 3.8) is 0 Å². The molecular formula is C12H18N2O4S2. The van der Waals surface area contributed by atoms with Crippen molar-refractivity contribution >= 4 is 27.3 Å². The average Bonchev–Trinajstić information content (AvgIpc) is 2.87. The largest absolute Gasteiger partial charge is 0.381 e. The van der Waals surface area contributed by atoms with Gasteiger partial charge in [0.25, 0.3) is 0 Å². The van der Waals surface area contributed by atoms with Crippen molar-refractivity contribution in [1.29, 1.82) is 0 Å². The molecule has 6 nitrogen and oxygen atoms in total. The highest BCUT2D eigenvalue weighted by atomic mass is 32.2. The van der Waals surface area contributed by atoms with E-state index in [1.54, 1.807) is 18.1 Å². The standard InChI is InChI=1S/C12H18N2O4S2/c1-18-9-4-6-14(7-5-9)11(15)8-10-2-3-12(19-10)20(13,16)17/h2-3,9H,4-8H2,1H3,(H2,13,16,17). The van der Waals surface area contributed by atoms with E-state index in [0.29, 0.717) is 18.0 Å². The van der Waals surface area contributed by atoms with Crippen LogP contribution in [0.15, 0.2) is 16.3 Å². The van der Waals surface area contributed by atoms with Crippen LogP contribution >= 0.6 is 11.3 Å². The molecule has 20 heavy (non-hydrogen) atoms. The van der Waals surface area contributed by atoms with Gasteiger partial charge >= 0.3 is 0 Å². The fraction of sp³-hybridized carbons (Fsp3) is 0.583. The lowest BCUT2D eigenvalue weighted by Gasteiger charge is -2.31. The Kier molecular flexibility index (Phi) is 4.79. The summed E-state index contributed by atoms with van der Waals surface area (Å²) in [6.45, 7) is 1.37. The quantitative estimate of drug-likeness (QED) is 0.879. The summed E-state index contributed by atoms with van der Waals surface area (Å²) in [5.74, 6) is 0.0161. The maximum atomic E-state index is 12.1. The number of carbonyl (C=O) groups is 1. The molecule has 1 aromatic heterocycles. The number of rotatable bonds is 4. The van der Waals surface area contributed by atoms with Crippen LogP contribution in [0, 0.1) is 0 Å².